The lowest BCUT2D eigenvalue weighted by molar-refractivity contribution is -0.118. The Labute approximate surface area is 185 Å². The number of benzene rings is 2. The highest BCUT2D eigenvalue weighted by Gasteiger charge is 2.17. The number of anilines is 1. The molecule has 1 amide bonds. The second kappa shape index (κ2) is 8.78. The zero-order chi connectivity index (χ0) is 22.0. The third-order valence-corrected chi connectivity index (χ3v) is 7.71. The summed E-state index contributed by atoms with van der Waals surface area (Å²) in [5.74, 6) is 0.414. The SMILES string of the molecule is CN(C)S(=O)(=O)c1ccc(-c2csc(NC(=O)COc3ccc4c(c3)CCC4)n2)cc1. The Balaban J connectivity index is 1.36. The number of nitrogens with zero attached hydrogens (tertiary/aromatic N) is 2. The maximum absolute atomic E-state index is 12.2. The molecule has 162 valence electrons. The highest BCUT2D eigenvalue weighted by atomic mass is 32.2. The molecule has 4 rings (SSSR count). The topological polar surface area (TPSA) is 88.6 Å². The van der Waals surface area contributed by atoms with Crippen LogP contribution in [0.1, 0.15) is 17.5 Å². The van der Waals surface area contributed by atoms with Gasteiger partial charge in [0.2, 0.25) is 10.0 Å². The van der Waals surface area contributed by atoms with Crippen molar-refractivity contribution < 1.29 is 17.9 Å². The summed E-state index contributed by atoms with van der Waals surface area (Å²) >= 11 is 1.30. The molecule has 0 unspecified atom stereocenters. The fourth-order valence-electron chi connectivity index (χ4n) is 3.41. The van der Waals surface area contributed by atoms with Crippen molar-refractivity contribution in [3.05, 3.63) is 59.0 Å². The third-order valence-electron chi connectivity index (χ3n) is 5.12. The van der Waals surface area contributed by atoms with Crippen LogP contribution >= 0.6 is 11.3 Å². The summed E-state index contributed by atoms with van der Waals surface area (Å²) in [6.07, 6.45) is 3.33. The van der Waals surface area contributed by atoms with Gasteiger partial charge in [-0.05, 0) is 54.7 Å². The molecule has 0 fully saturated rings. The first-order chi connectivity index (χ1) is 14.8. The van der Waals surface area contributed by atoms with Crippen LogP contribution in [-0.2, 0) is 27.7 Å². The number of ether oxygens (including phenoxy) is 1. The van der Waals surface area contributed by atoms with Gasteiger partial charge in [-0.15, -0.1) is 11.3 Å². The Bertz CT molecular complexity index is 1200. The van der Waals surface area contributed by atoms with E-state index >= 15 is 0 Å². The number of rotatable bonds is 7. The lowest BCUT2D eigenvalue weighted by atomic mass is 10.1. The molecule has 1 aromatic heterocycles. The summed E-state index contributed by atoms with van der Waals surface area (Å²) < 4.78 is 31.2. The summed E-state index contributed by atoms with van der Waals surface area (Å²) in [6, 6.07) is 12.5. The summed E-state index contributed by atoms with van der Waals surface area (Å²) in [5, 5.41) is 5.02. The lowest BCUT2D eigenvalue weighted by Crippen LogP contribution is -2.22. The second-order valence-corrected chi connectivity index (χ2v) is 10.5. The standard InChI is InChI=1S/C22H23N3O4S2/c1-25(2)31(27,28)19-10-7-16(8-11-19)20-14-30-22(23-20)24-21(26)13-29-18-9-6-15-4-3-5-17(15)12-18/h6-12,14H,3-5,13H2,1-2H3,(H,23,24,26). The highest BCUT2D eigenvalue weighted by molar-refractivity contribution is 7.89. The molecule has 0 atom stereocenters. The number of aromatic nitrogens is 1. The largest absolute Gasteiger partial charge is 0.484 e. The minimum atomic E-state index is -3.47. The molecule has 1 aliphatic carbocycles. The van der Waals surface area contributed by atoms with Gasteiger partial charge < -0.3 is 4.74 Å². The Morgan fingerprint density at radius 2 is 1.87 bits per heavy atom. The molecule has 0 bridgehead atoms. The number of sulfonamides is 1. The number of thiazole rings is 1. The Morgan fingerprint density at radius 1 is 1.13 bits per heavy atom. The Hall–Kier alpha value is -2.75. The molecule has 1 heterocycles. The van der Waals surface area contributed by atoms with Gasteiger partial charge in [0, 0.05) is 25.0 Å². The van der Waals surface area contributed by atoms with Crippen molar-refractivity contribution >= 4 is 32.4 Å². The number of hydrogen-bond acceptors (Lipinski definition) is 6. The first kappa shape index (κ1) is 21.5. The summed E-state index contributed by atoms with van der Waals surface area (Å²) in [7, 11) is -0.489. The zero-order valence-electron chi connectivity index (χ0n) is 17.3. The van der Waals surface area contributed by atoms with Crippen LogP contribution in [-0.4, -0.2) is 44.3 Å². The van der Waals surface area contributed by atoms with E-state index in [1.54, 1.807) is 24.3 Å². The third kappa shape index (κ3) is 4.79. The molecule has 9 heteroatoms. The summed E-state index contributed by atoms with van der Waals surface area (Å²) in [4.78, 5) is 16.9. The summed E-state index contributed by atoms with van der Waals surface area (Å²) in [6.45, 7) is -0.0925. The first-order valence-electron chi connectivity index (χ1n) is 9.86. The fraction of sp³-hybridized carbons (Fsp3) is 0.273. The Morgan fingerprint density at radius 3 is 2.61 bits per heavy atom. The van der Waals surface area contributed by atoms with E-state index in [-0.39, 0.29) is 17.4 Å². The van der Waals surface area contributed by atoms with Gasteiger partial charge in [-0.1, -0.05) is 18.2 Å². The van der Waals surface area contributed by atoms with E-state index in [0.717, 1.165) is 18.4 Å². The van der Waals surface area contributed by atoms with Crippen molar-refractivity contribution in [3.8, 4) is 17.0 Å². The molecular weight excluding hydrogens is 434 g/mol. The van der Waals surface area contributed by atoms with Crippen LogP contribution < -0.4 is 10.1 Å². The van der Waals surface area contributed by atoms with Crippen molar-refractivity contribution in [1.82, 2.24) is 9.29 Å². The quantitative estimate of drug-likeness (QED) is 0.586. The van der Waals surface area contributed by atoms with Crippen LogP contribution in [0.4, 0.5) is 5.13 Å². The average Bonchev–Trinajstić information content (AvgIpc) is 3.41. The van der Waals surface area contributed by atoms with E-state index in [9.17, 15) is 13.2 Å². The van der Waals surface area contributed by atoms with Crippen LogP contribution in [0.5, 0.6) is 5.75 Å². The molecule has 2 aromatic carbocycles. The fourth-order valence-corrected chi connectivity index (χ4v) is 5.05. The van der Waals surface area contributed by atoms with Crippen molar-refractivity contribution in [2.24, 2.45) is 0 Å². The molecule has 0 aliphatic heterocycles. The van der Waals surface area contributed by atoms with E-state index in [2.05, 4.69) is 16.4 Å². The number of nitrogens with one attached hydrogen (secondary N) is 1. The smallest absolute Gasteiger partial charge is 0.264 e. The maximum Gasteiger partial charge on any atom is 0.264 e. The predicted octanol–water partition coefficient (Wildman–Crippen LogP) is 3.57. The van der Waals surface area contributed by atoms with Crippen LogP contribution in [0.25, 0.3) is 11.3 Å². The molecule has 31 heavy (non-hydrogen) atoms. The molecule has 7 nitrogen and oxygen atoms in total. The van der Waals surface area contributed by atoms with Crippen molar-refractivity contribution in [2.45, 2.75) is 24.2 Å². The second-order valence-electron chi connectivity index (χ2n) is 7.47. The first-order valence-corrected chi connectivity index (χ1v) is 12.2. The molecule has 1 aliphatic rings. The van der Waals surface area contributed by atoms with Crippen molar-refractivity contribution in [3.63, 3.8) is 0 Å². The molecule has 1 N–H and O–H groups in total. The minimum absolute atomic E-state index is 0.0925. The van der Waals surface area contributed by atoms with Crippen molar-refractivity contribution in [2.75, 3.05) is 26.0 Å². The molecular formula is C22H23N3O4S2. The minimum Gasteiger partial charge on any atom is -0.484 e. The number of hydrogen-bond donors (Lipinski definition) is 1. The lowest BCUT2D eigenvalue weighted by Gasteiger charge is -2.11. The molecule has 0 radical (unpaired) electrons. The van der Waals surface area contributed by atoms with Crippen LogP contribution in [0.2, 0.25) is 0 Å². The van der Waals surface area contributed by atoms with Gasteiger partial charge >= 0.3 is 0 Å². The van der Waals surface area contributed by atoms with Crippen LogP contribution in [0.3, 0.4) is 0 Å². The molecule has 0 saturated carbocycles. The van der Waals surface area contributed by atoms with Gasteiger partial charge in [-0.3, -0.25) is 10.1 Å². The average molecular weight is 458 g/mol. The monoisotopic (exact) mass is 457 g/mol. The van der Waals surface area contributed by atoms with Gasteiger partial charge in [0.25, 0.3) is 5.91 Å². The normalized spacial score (nSPS) is 13.3. The predicted molar refractivity (Wildman–Crippen MR) is 121 cm³/mol. The number of carbonyl (C=O) groups is 1. The number of amides is 1. The van der Waals surface area contributed by atoms with Gasteiger partial charge in [0.1, 0.15) is 5.75 Å². The van der Waals surface area contributed by atoms with Crippen LogP contribution in [0.15, 0.2) is 52.7 Å². The molecule has 0 spiro atoms. The number of aryl methyl sites for hydroxylation is 2. The van der Waals surface area contributed by atoms with Gasteiger partial charge in [-0.25, -0.2) is 17.7 Å². The van der Waals surface area contributed by atoms with E-state index in [4.69, 9.17) is 4.74 Å². The van der Waals surface area contributed by atoms with E-state index in [1.165, 1.54) is 47.3 Å². The Kier molecular flexibility index (Phi) is 6.08. The van der Waals surface area contributed by atoms with Gasteiger partial charge in [0.05, 0.1) is 10.6 Å². The van der Waals surface area contributed by atoms with E-state index < -0.39 is 10.0 Å². The molecule has 3 aromatic rings. The van der Waals surface area contributed by atoms with Crippen molar-refractivity contribution in [1.29, 1.82) is 0 Å². The van der Waals surface area contributed by atoms with Gasteiger partial charge in [0.15, 0.2) is 11.7 Å². The zero-order valence-corrected chi connectivity index (χ0v) is 18.9. The maximum atomic E-state index is 12.2. The van der Waals surface area contributed by atoms with Crippen LogP contribution in [0, 0.1) is 0 Å². The van der Waals surface area contributed by atoms with Gasteiger partial charge in [-0.2, -0.15) is 0 Å². The molecule has 0 saturated heterocycles. The van der Waals surface area contributed by atoms with E-state index in [0.29, 0.717) is 16.6 Å². The number of fused-ring (bicyclic) bond motifs is 1. The highest BCUT2D eigenvalue weighted by Crippen LogP contribution is 2.27. The van der Waals surface area contributed by atoms with E-state index in [1.807, 2.05) is 17.5 Å². The number of carbonyl (C=O) groups excluding carboxylic acids is 1. The summed E-state index contributed by atoms with van der Waals surface area (Å²) in [5.41, 5.74) is 4.09.